The van der Waals surface area contributed by atoms with Crippen molar-refractivity contribution < 1.29 is 0 Å². The lowest BCUT2D eigenvalue weighted by atomic mass is 10.0. The minimum Gasteiger partial charge on any atom is -0.339 e. The first-order valence-electron chi connectivity index (χ1n) is 11.4. The SMILES string of the molecule is CCc1cc(C)ncc1Nc1cc2c(ncn2C)c(N=C(c2ccccc2)c2ccccc2)n1. The molecule has 0 fully saturated rings. The maximum atomic E-state index is 5.07. The third-order valence-corrected chi connectivity index (χ3v) is 5.78. The molecule has 0 aliphatic heterocycles. The fraction of sp³-hybridized carbons (Fsp3) is 0.143. The van der Waals surface area contributed by atoms with Crippen molar-refractivity contribution in [1.82, 2.24) is 19.5 Å². The number of nitrogens with zero attached hydrogens (tertiary/aromatic N) is 5. The summed E-state index contributed by atoms with van der Waals surface area (Å²) in [5.41, 5.74) is 7.75. The van der Waals surface area contributed by atoms with Gasteiger partial charge in [0.1, 0.15) is 11.3 Å². The van der Waals surface area contributed by atoms with Gasteiger partial charge in [0, 0.05) is 29.9 Å². The predicted octanol–water partition coefficient (Wildman–Crippen LogP) is 6.15. The Labute approximate surface area is 199 Å². The van der Waals surface area contributed by atoms with E-state index in [1.807, 2.05) is 67.2 Å². The van der Waals surface area contributed by atoms with Gasteiger partial charge in [-0.15, -0.1) is 0 Å². The summed E-state index contributed by atoms with van der Waals surface area (Å²) in [6.07, 6.45) is 4.56. The molecule has 34 heavy (non-hydrogen) atoms. The monoisotopic (exact) mass is 446 g/mol. The second-order valence-corrected chi connectivity index (χ2v) is 8.21. The highest BCUT2D eigenvalue weighted by atomic mass is 15.1. The van der Waals surface area contributed by atoms with E-state index in [1.165, 1.54) is 5.56 Å². The minimum absolute atomic E-state index is 0.571. The molecule has 5 rings (SSSR count). The van der Waals surface area contributed by atoms with Gasteiger partial charge in [-0.05, 0) is 25.0 Å². The summed E-state index contributed by atoms with van der Waals surface area (Å²) >= 11 is 0. The molecular formula is C28H26N6. The summed E-state index contributed by atoms with van der Waals surface area (Å²) in [5.74, 6) is 1.28. The van der Waals surface area contributed by atoms with Crippen LogP contribution < -0.4 is 5.32 Å². The minimum atomic E-state index is 0.571. The van der Waals surface area contributed by atoms with E-state index in [4.69, 9.17) is 9.98 Å². The fourth-order valence-electron chi connectivity index (χ4n) is 4.01. The van der Waals surface area contributed by atoms with Crippen LogP contribution in [0.15, 0.2) is 90.3 Å². The first kappa shape index (κ1) is 21.5. The third-order valence-electron chi connectivity index (χ3n) is 5.78. The topological polar surface area (TPSA) is 68.0 Å². The van der Waals surface area contributed by atoms with Crippen molar-refractivity contribution in [3.05, 3.63) is 108 Å². The molecule has 3 aromatic heterocycles. The molecule has 2 aromatic carbocycles. The van der Waals surface area contributed by atoms with E-state index >= 15 is 0 Å². The highest BCUT2D eigenvalue weighted by molar-refractivity contribution is 6.14. The number of aromatic nitrogens is 4. The van der Waals surface area contributed by atoms with Gasteiger partial charge in [0.2, 0.25) is 0 Å². The molecule has 5 aromatic rings. The van der Waals surface area contributed by atoms with Gasteiger partial charge < -0.3 is 9.88 Å². The Bertz CT molecular complexity index is 1430. The molecule has 3 heterocycles. The van der Waals surface area contributed by atoms with Crippen LogP contribution in [0.25, 0.3) is 11.0 Å². The highest BCUT2D eigenvalue weighted by Crippen LogP contribution is 2.29. The number of fused-ring (bicyclic) bond motifs is 1. The number of pyridine rings is 2. The molecule has 0 saturated carbocycles. The normalized spacial score (nSPS) is 10.9. The number of hydrogen-bond donors (Lipinski definition) is 1. The third kappa shape index (κ3) is 4.30. The maximum absolute atomic E-state index is 5.07. The van der Waals surface area contributed by atoms with Crippen LogP contribution in [0.2, 0.25) is 0 Å². The van der Waals surface area contributed by atoms with Gasteiger partial charge in [-0.25, -0.2) is 15.0 Å². The smallest absolute Gasteiger partial charge is 0.183 e. The van der Waals surface area contributed by atoms with Crippen LogP contribution in [0.4, 0.5) is 17.3 Å². The van der Waals surface area contributed by atoms with Gasteiger partial charge >= 0.3 is 0 Å². The molecule has 0 aliphatic rings. The summed E-state index contributed by atoms with van der Waals surface area (Å²) < 4.78 is 1.99. The number of aliphatic imine (C=N–C) groups is 1. The van der Waals surface area contributed by atoms with Crippen LogP contribution >= 0.6 is 0 Å². The largest absolute Gasteiger partial charge is 0.339 e. The average molecular weight is 447 g/mol. The van der Waals surface area contributed by atoms with Crippen LogP contribution in [-0.4, -0.2) is 25.2 Å². The van der Waals surface area contributed by atoms with Crippen molar-refractivity contribution in [1.29, 1.82) is 0 Å². The van der Waals surface area contributed by atoms with Crippen LogP contribution in [0.1, 0.15) is 29.3 Å². The van der Waals surface area contributed by atoms with E-state index in [0.29, 0.717) is 11.6 Å². The van der Waals surface area contributed by atoms with Crippen molar-refractivity contribution in [2.75, 3.05) is 5.32 Å². The number of hydrogen-bond acceptors (Lipinski definition) is 5. The molecule has 6 heteroatoms. The van der Waals surface area contributed by atoms with Crippen LogP contribution in [-0.2, 0) is 13.5 Å². The number of nitrogens with one attached hydrogen (secondary N) is 1. The molecule has 1 N–H and O–H groups in total. The van der Waals surface area contributed by atoms with E-state index < -0.39 is 0 Å². The van der Waals surface area contributed by atoms with Crippen molar-refractivity contribution in [3.63, 3.8) is 0 Å². The summed E-state index contributed by atoms with van der Waals surface area (Å²) in [6, 6.07) is 24.5. The van der Waals surface area contributed by atoms with E-state index in [0.717, 1.165) is 45.7 Å². The zero-order valence-corrected chi connectivity index (χ0v) is 19.5. The quantitative estimate of drug-likeness (QED) is 0.318. The number of rotatable bonds is 6. The van der Waals surface area contributed by atoms with Crippen LogP contribution in [0.5, 0.6) is 0 Å². The van der Waals surface area contributed by atoms with Gasteiger partial charge in [-0.1, -0.05) is 67.6 Å². The number of anilines is 2. The Balaban J connectivity index is 1.68. The molecule has 0 spiro atoms. The molecule has 0 atom stereocenters. The second kappa shape index (κ2) is 9.27. The lowest BCUT2D eigenvalue weighted by Gasteiger charge is -2.12. The Morgan fingerprint density at radius 1 is 0.941 bits per heavy atom. The molecule has 0 saturated heterocycles. The van der Waals surface area contributed by atoms with Gasteiger partial charge in [0.05, 0.1) is 29.4 Å². The number of imidazole rings is 1. The summed E-state index contributed by atoms with van der Waals surface area (Å²) in [7, 11) is 1.98. The average Bonchev–Trinajstić information content (AvgIpc) is 3.25. The summed E-state index contributed by atoms with van der Waals surface area (Å²) in [5, 5.41) is 3.47. The van der Waals surface area contributed by atoms with E-state index in [-0.39, 0.29) is 0 Å². The fourth-order valence-corrected chi connectivity index (χ4v) is 4.01. The zero-order valence-electron chi connectivity index (χ0n) is 19.5. The van der Waals surface area contributed by atoms with Crippen LogP contribution in [0, 0.1) is 6.92 Å². The van der Waals surface area contributed by atoms with E-state index in [9.17, 15) is 0 Å². The van der Waals surface area contributed by atoms with Crippen LogP contribution in [0.3, 0.4) is 0 Å². The van der Waals surface area contributed by atoms with Crippen molar-refractivity contribution in [2.45, 2.75) is 20.3 Å². The van der Waals surface area contributed by atoms with Gasteiger partial charge in [0.25, 0.3) is 0 Å². The molecular weight excluding hydrogens is 420 g/mol. The Kier molecular flexibility index (Phi) is 5.87. The second-order valence-electron chi connectivity index (χ2n) is 8.21. The summed E-state index contributed by atoms with van der Waals surface area (Å²) in [4.78, 5) is 19.0. The lowest BCUT2D eigenvalue weighted by molar-refractivity contribution is 0.947. The van der Waals surface area contributed by atoms with E-state index in [1.54, 1.807) is 6.33 Å². The van der Waals surface area contributed by atoms with E-state index in [2.05, 4.69) is 52.5 Å². The molecule has 6 nitrogen and oxygen atoms in total. The molecule has 0 bridgehead atoms. The van der Waals surface area contributed by atoms with Crippen molar-refractivity contribution in [3.8, 4) is 0 Å². The summed E-state index contributed by atoms with van der Waals surface area (Å²) in [6.45, 7) is 4.14. The Hall–Kier alpha value is -4.32. The van der Waals surface area contributed by atoms with Gasteiger partial charge in [0.15, 0.2) is 5.82 Å². The Morgan fingerprint density at radius 2 is 1.62 bits per heavy atom. The molecule has 0 aliphatic carbocycles. The standard InChI is InChI=1S/C28H26N6/c1-4-20-15-19(2)29-17-23(20)31-25-16-24-27(30-18-34(24)3)28(32-25)33-26(21-11-7-5-8-12-21)22-13-9-6-10-14-22/h5-18H,4H2,1-3H3,(H,31,32). The highest BCUT2D eigenvalue weighted by Gasteiger charge is 2.14. The Morgan fingerprint density at radius 3 is 2.26 bits per heavy atom. The van der Waals surface area contributed by atoms with Crippen molar-refractivity contribution in [2.24, 2.45) is 12.0 Å². The zero-order chi connectivity index (χ0) is 23.5. The molecule has 168 valence electrons. The number of benzene rings is 2. The maximum Gasteiger partial charge on any atom is 0.183 e. The van der Waals surface area contributed by atoms with Gasteiger partial charge in [-0.3, -0.25) is 4.98 Å². The first-order valence-corrected chi connectivity index (χ1v) is 11.4. The first-order chi connectivity index (χ1) is 16.6. The molecule has 0 unspecified atom stereocenters. The molecule has 0 radical (unpaired) electrons. The van der Waals surface area contributed by atoms with Crippen molar-refractivity contribution >= 4 is 34.1 Å². The molecule has 0 amide bonds. The number of aryl methyl sites for hydroxylation is 3. The lowest BCUT2D eigenvalue weighted by Crippen LogP contribution is -2.04. The predicted molar refractivity (Wildman–Crippen MR) is 138 cm³/mol. The van der Waals surface area contributed by atoms with Gasteiger partial charge in [-0.2, -0.15) is 0 Å².